The van der Waals surface area contributed by atoms with Crippen LogP contribution in [0.1, 0.15) is 20.3 Å². The predicted octanol–water partition coefficient (Wildman–Crippen LogP) is 3.55. The number of hydrogen-bond acceptors (Lipinski definition) is 2. The highest BCUT2D eigenvalue weighted by atomic mass is 32.2. The van der Waals surface area contributed by atoms with E-state index < -0.39 is 0 Å². The SMILES string of the molecule is CCC(C)CSc1ccc(N)c(F)c1. The van der Waals surface area contributed by atoms with Crippen LogP contribution in [0.4, 0.5) is 10.1 Å². The van der Waals surface area contributed by atoms with Crippen molar-refractivity contribution in [2.75, 3.05) is 11.5 Å². The van der Waals surface area contributed by atoms with Gasteiger partial charge in [-0.1, -0.05) is 20.3 Å². The third-order valence-corrected chi connectivity index (χ3v) is 3.53. The Hall–Kier alpha value is -0.700. The first-order valence-electron chi connectivity index (χ1n) is 4.81. The average Bonchev–Trinajstić information content (AvgIpc) is 2.19. The molecular formula is C11H16FNS. The monoisotopic (exact) mass is 213 g/mol. The van der Waals surface area contributed by atoms with Crippen molar-refractivity contribution in [1.29, 1.82) is 0 Å². The zero-order valence-corrected chi connectivity index (χ0v) is 9.40. The van der Waals surface area contributed by atoms with Crippen LogP contribution in [-0.2, 0) is 0 Å². The second-order valence-corrected chi connectivity index (χ2v) is 4.60. The molecule has 0 saturated heterocycles. The second kappa shape index (κ2) is 5.25. The van der Waals surface area contributed by atoms with Crippen LogP contribution in [0.15, 0.2) is 23.1 Å². The summed E-state index contributed by atoms with van der Waals surface area (Å²) in [6.07, 6.45) is 1.16. The van der Waals surface area contributed by atoms with Gasteiger partial charge >= 0.3 is 0 Å². The van der Waals surface area contributed by atoms with Crippen LogP contribution in [0.3, 0.4) is 0 Å². The molecule has 78 valence electrons. The third-order valence-electron chi connectivity index (χ3n) is 2.20. The summed E-state index contributed by atoms with van der Waals surface area (Å²) >= 11 is 1.68. The molecule has 0 heterocycles. The standard InChI is InChI=1S/C11H16FNS/c1-3-8(2)7-14-9-4-5-11(13)10(12)6-9/h4-6,8H,3,7,13H2,1-2H3. The van der Waals surface area contributed by atoms with Gasteiger partial charge in [0.05, 0.1) is 5.69 Å². The smallest absolute Gasteiger partial charge is 0.147 e. The average molecular weight is 213 g/mol. The number of nitrogens with two attached hydrogens (primary N) is 1. The fraction of sp³-hybridized carbons (Fsp3) is 0.455. The number of benzene rings is 1. The van der Waals surface area contributed by atoms with E-state index in [2.05, 4.69) is 13.8 Å². The maximum Gasteiger partial charge on any atom is 0.147 e. The summed E-state index contributed by atoms with van der Waals surface area (Å²) < 4.78 is 13.0. The molecule has 0 amide bonds. The molecule has 0 spiro atoms. The van der Waals surface area contributed by atoms with Gasteiger partial charge in [0.15, 0.2) is 0 Å². The van der Waals surface area contributed by atoms with Crippen LogP contribution in [0.2, 0.25) is 0 Å². The topological polar surface area (TPSA) is 26.0 Å². The van der Waals surface area contributed by atoms with Crippen LogP contribution >= 0.6 is 11.8 Å². The fourth-order valence-corrected chi connectivity index (χ4v) is 2.02. The lowest BCUT2D eigenvalue weighted by molar-refractivity contribution is 0.627. The van der Waals surface area contributed by atoms with Crippen LogP contribution in [0, 0.1) is 11.7 Å². The summed E-state index contributed by atoms with van der Waals surface area (Å²) in [7, 11) is 0. The number of halogens is 1. The van der Waals surface area contributed by atoms with Crippen molar-refractivity contribution in [2.45, 2.75) is 25.2 Å². The lowest BCUT2D eigenvalue weighted by Gasteiger charge is -2.07. The number of nitrogen functional groups attached to an aromatic ring is 1. The number of hydrogen-bond donors (Lipinski definition) is 1. The molecule has 0 bridgehead atoms. The van der Waals surface area contributed by atoms with Gasteiger partial charge in [0.1, 0.15) is 5.82 Å². The first-order chi connectivity index (χ1) is 6.63. The molecule has 14 heavy (non-hydrogen) atoms. The summed E-state index contributed by atoms with van der Waals surface area (Å²) in [5.74, 6) is 1.37. The number of thioether (sulfide) groups is 1. The minimum Gasteiger partial charge on any atom is -0.396 e. The Morgan fingerprint density at radius 3 is 2.79 bits per heavy atom. The molecule has 1 unspecified atom stereocenters. The Kier molecular flexibility index (Phi) is 4.26. The summed E-state index contributed by atoms with van der Waals surface area (Å²) in [5, 5.41) is 0. The molecule has 2 N–H and O–H groups in total. The van der Waals surface area contributed by atoms with Crippen LogP contribution < -0.4 is 5.73 Å². The Morgan fingerprint density at radius 1 is 1.50 bits per heavy atom. The van der Waals surface area contributed by atoms with Gasteiger partial charge in [-0.3, -0.25) is 0 Å². The second-order valence-electron chi connectivity index (χ2n) is 3.51. The number of rotatable bonds is 4. The molecule has 0 aromatic heterocycles. The first kappa shape index (κ1) is 11.4. The maximum atomic E-state index is 13.0. The molecule has 3 heteroatoms. The van der Waals surface area contributed by atoms with Crippen LogP contribution in [0.5, 0.6) is 0 Å². The Bertz CT molecular complexity index is 301. The molecule has 1 rings (SSSR count). The molecule has 0 radical (unpaired) electrons. The highest BCUT2D eigenvalue weighted by molar-refractivity contribution is 7.99. The lowest BCUT2D eigenvalue weighted by atomic mass is 10.2. The molecule has 0 fully saturated rings. The zero-order valence-electron chi connectivity index (χ0n) is 8.59. The van der Waals surface area contributed by atoms with Crippen molar-refractivity contribution in [1.82, 2.24) is 0 Å². The lowest BCUT2D eigenvalue weighted by Crippen LogP contribution is -1.95. The molecule has 0 aliphatic heterocycles. The third kappa shape index (κ3) is 3.22. The van der Waals surface area contributed by atoms with Gasteiger partial charge in [0.2, 0.25) is 0 Å². The molecular weight excluding hydrogens is 197 g/mol. The highest BCUT2D eigenvalue weighted by Crippen LogP contribution is 2.24. The number of anilines is 1. The van der Waals surface area contributed by atoms with Crippen molar-refractivity contribution >= 4 is 17.4 Å². The van der Waals surface area contributed by atoms with Gasteiger partial charge in [-0.25, -0.2) is 4.39 Å². The Balaban J connectivity index is 2.55. The van der Waals surface area contributed by atoms with E-state index in [0.29, 0.717) is 5.92 Å². The van der Waals surface area contributed by atoms with Gasteiger partial charge < -0.3 is 5.73 Å². The van der Waals surface area contributed by atoms with Gasteiger partial charge in [-0.2, -0.15) is 0 Å². The summed E-state index contributed by atoms with van der Waals surface area (Å²) in [6.45, 7) is 4.36. The van der Waals surface area contributed by atoms with E-state index in [9.17, 15) is 4.39 Å². The molecule has 1 aromatic rings. The maximum absolute atomic E-state index is 13.0. The summed E-state index contributed by atoms with van der Waals surface area (Å²) in [5.41, 5.74) is 5.61. The molecule has 1 atom stereocenters. The van der Waals surface area contributed by atoms with Crippen molar-refractivity contribution < 1.29 is 4.39 Å². The van der Waals surface area contributed by atoms with E-state index in [1.54, 1.807) is 17.8 Å². The fourth-order valence-electron chi connectivity index (χ4n) is 0.954. The Labute approximate surface area is 88.9 Å². The van der Waals surface area contributed by atoms with Crippen molar-refractivity contribution in [3.63, 3.8) is 0 Å². The van der Waals surface area contributed by atoms with E-state index in [0.717, 1.165) is 17.1 Å². The minimum atomic E-state index is -0.320. The van der Waals surface area contributed by atoms with Gasteiger partial charge in [-0.05, 0) is 24.1 Å². The van der Waals surface area contributed by atoms with Crippen LogP contribution in [-0.4, -0.2) is 5.75 Å². The first-order valence-corrected chi connectivity index (χ1v) is 5.80. The normalized spacial score (nSPS) is 12.8. The van der Waals surface area contributed by atoms with E-state index in [4.69, 9.17) is 5.73 Å². The van der Waals surface area contributed by atoms with Crippen molar-refractivity contribution in [3.05, 3.63) is 24.0 Å². The zero-order chi connectivity index (χ0) is 10.6. The molecule has 1 aromatic carbocycles. The Morgan fingerprint density at radius 2 is 2.21 bits per heavy atom. The summed E-state index contributed by atoms with van der Waals surface area (Å²) in [6, 6.07) is 4.99. The molecule has 0 aliphatic rings. The van der Waals surface area contributed by atoms with Gasteiger partial charge in [0, 0.05) is 10.6 Å². The minimum absolute atomic E-state index is 0.220. The molecule has 1 nitrogen and oxygen atoms in total. The molecule has 0 aliphatic carbocycles. The van der Waals surface area contributed by atoms with Gasteiger partial charge in [0.25, 0.3) is 0 Å². The largest absolute Gasteiger partial charge is 0.396 e. The van der Waals surface area contributed by atoms with E-state index >= 15 is 0 Å². The van der Waals surface area contributed by atoms with Gasteiger partial charge in [-0.15, -0.1) is 11.8 Å². The van der Waals surface area contributed by atoms with E-state index in [-0.39, 0.29) is 11.5 Å². The highest BCUT2D eigenvalue weighted by Gasteiger charge is 2.03. The van der Waals surface area contributed by atoms with E-state index in [1.807, 2.05) is 6.07 Å². The van der Waals surface area contributed by atoms with E-state index in [1.165, 1.54) is 6.07 Å². The molecule has 0 saturated carbocycles. The van der Waals surface area contributed by atoms with Crippen molar-refractivity contribution in [3.8, 4) is 0 Å². The van der Waals surface area contributed by atoms with Crippen LogP contribution in [0.25, 0.3) is 0 Å². The quantitative estimate of drug-likeness (QED) is 0.611. The predicted molar refractivity (Wildman–Crippen MR) is 61.0 cm³/mol. The van der Waals surface area contributed by atoms with Crippen molar-refractivity contribution in [2.24, 2.45) is 5.92 Å². The summed E-state index contributed by atoms with van der Waals surface area (Å²) in [4.78, 5) is 0.956.